The number of ether oxygens (including phenoxy) is 1. The fourth-order valence-electron chi connectivity index (χ4n) is 4.31. The van der Waals surface area contributed by atoms with Crippen LogP contribution < -0.4 is 14.4 Å². The van der Waals surface area contributed by atoms with E-state index in [9.17, 15) is 4.79 Å². The van der Waals surface area contributed by atoms with Crippen LogP contribution in [-0.4, -0.2) is 69.7 Å². The average Bonchev–Trinajstić information content (AvgIpc) is 3.24. The molecule has 0 bridgehead atoms. The van der Waals surface area contributed by atoms with Gasteiger partial charge in [-0.05, 0) is 0 Å². The molecule has 1 aliphatic carbocycles. The van der Waals surface area contributed by atoms with E-state index in [0.29, 0.717) is 12.5 Å². The number of rotatable bonds is 9. The van der Waals surface area contributed by atoms with Gasteiger partial charge in [-0.15, -0.1) is 0 Å². The van der Waals surface area contributed by atoms with Crippen LogP contribution in [0, 0.1) is 6.92 Å². The summed E-state index contributed by atoms with van der Waals surface area (Å²) in [7, 11) is 1.50. The molecule has 10 nitrogen and oxygen atoms in total. The number of carbonyl (C=O) groups is 1. The number of nitrogens with one attached hydrogen (secondary N) is 2. The normalized spacial score (nSPS) is 13.7. The molecule has 188 valence electrons. The maximum absolute atomic E-state index is 11.8. The number of hydrogen-bond acceptors (Lipinski definition) is 6. The first-order valence-corrected chi connectivity index (χ1v) is 14.2. The van der Waals surface area contributed by atoms with Gasteiger partial charge in [0.1, 0.15) is 6.61 Å². The number of methoxy groups -OCH3 is 1. The number of H-pyrrole nitrogens is 1. The second-order valence-electron chi connectivity index (χ2n) is 9.29. The van der Waals surface area contributed by atoms with Crippen LogP contribution in [0.15, 0.2) is 55.0 Å². The van der Waals surface area contributed by atoms with Gasteiger partial charge < -0.3 is 4.74 Å². The molecule has 4 aromatic heterocycles. The molecule has 0 aliphatic heterocycles. The number of carbonyl (C=O) groups excluding carboxylic acids is 1. The Balaban J connectivity index is 1.24. The number of aryl methyl sites for hydroxylation is 1. The van der Waals surface area contributed by atoms with E-state index in [-0.39, 0.29) is 12.5 Å². The van der Waals surface area contributed by atoms with Crippen LogP contribution in [0.4, 0.5) is 5.69 Å². The molecule has 0 radical (unpaired) electrons. The molecule has 1 atom stereocenters. The molecule has 1 aromatic carbocycles. The first-order valence-electron chi connectivity index (χ1n) is 12.1. The molecule has 6 rings (SSSR count). The van der Waals surface area contributed by atoms with Crippen LogP contribution in [-0.2, 0) is 16.1 Å². The van der Waals surface area contributed by atoms with Crippen molar-refractivity contribution in [3.8, 4) is 11.3 Å². The summed E-state index contributed by atoms with van der Waals surface area (Å²) >= 11 is -0.760. The quantitative estimate of drug-likeness (QED) is 0.265. The fraction of sp³-hybridized carbons (Fsp3) is 0.269. The van der Waals surface area contributed by atoms with Crippen molar-refractivity contribution in [3.05, 3.63) is 71.9 Å². The number of fused-ring (bicyclic) bond motifs is 1. The summed E-state index contributed by atoms with van der Waals surface area (Å²) in [5, 5.41) is 15.2. The molecule has 1 fully saturated rings. The zero-order valence-electron chi connectivity index (χ0n) is 20.6. The predicted octanol–water partition coefficient (Wildman–Crippen LogP) is 1.52. The third-order valence-corrected chi connectivity index (χ3v) is 8.47. The Morgan fingerprint density at radius 2 is 2.11 bits per heavy atom. The minimum atomic E-state index is -0.760. The van der Waals surface area contributed by atoms with Crippen LogP contribution in [0.2, 0.25) is 0 Å². The topological polar surface area (TPSA) is 115 Å². The first-order chi connectivity index (χ1) is 18.0. The van der Waals surface area contributed by atoms with Gasteiger partial charge in [0.2, 0.25) is 0 Å². The van der Waals surface area contributed by atoms with E-state index in [0.717, 1.165) is 42.9 Å². The number of aromatic nitrogens is 7. The third-order valence-electron chi connectivity index (χ3n) is 6.19. The molecule has 1 unspecified atom stereocenters. The summed E-state index contributed by atoms with van der Waals surface area (Å²) in [6.07, 6.45) is 8.37. The molecular formula is C26H27AsN8O2. The second kappa shape index (κ2) is 9.95. The molecule has 0 spiro atoms. The van der Waals surface area contributed by atoms with Gasteiger partial charge in [-0.2, -0.15) is 0 Å². The summed E-state index contributed by atoms with van der Waals surface area (Å²) in [6.45, 7) is 2.59. The molecule has 0 saturated heterocycles. The van der Waals surface area contributed by atoms with Crippen LogP contribution in [0.3, 0.4) is 0 Å². The van der Waals surface area contributed by atoms with Gasteiger partial charge in [-0.3, -0.25) is 4.79 Å². The van der Waals surface area contributed by atoms with Crippen molar-refractivity contribution in [1.82, 2.24) is 34.3 Å². The van der Waals surface area contributed by atoms with Gasteiger partial charge in [-0.25, -0.2) is 0 Å². The van der Waals surface area contributed by atoms with Crippen molar-refractivity contribution < 1.29 is 9.53 Å². The number of amides is 1. The number of benzene rings is 1. The summed E-state index contributed by atoms with van der Waals surface area (Å²) in [6, 6.07) is 11.9. The monoisotopic (exact) mass is 558 g/mol. The van der Waals surface area contributed by atoms with Gasteiger partial charge in [0.25, 0.3) is 0 Å². The number of aromatic amines is 1. The number of hydrogen-bond donors (Lipinski definition) is 2. The van der Waals surface area contributed by atoms with Crippen LogP contribution in [0.1, 0.15) is 35.7 Å². The van der Waals surface area contributed by atoms with E-state index >= 15 is 0 Å². The van der Waals surface area contributed by atoms with Crippen molar-refractivity contribution in [1.29, 1.82) is 0 Å². The molecule has 2 N–H and O–H groups in total. The van der Waals surface area contributed by atoms with Gasteiger partial charge in [-0.1, -0.05) is 0 Å². The molecule has 37 heavy (non-hydrogen) atoms. The van der Waals surface area contributed by atoms with Crippen molar-refractivity contribution in [3.63, 3.8) is 0 Å². The standard InChI is InChI=1S/C26H27AsN8O2/c1-16-12-35-24(29-16)10-21(31-26(35)27-23-9-22(32-33-23)18-6-7-18)19-11-28-34(14-19)13-17-4-3-5-20(8-17)30-25(36)15-37-2/h3-5,8-12,14,18,27H,6-7,13,15H2,1-2H3,(H,30,36)(H,32,33). The number of nitrogens with zero attached hydrogens (tertiary/aromatic N) is 6. The summed E-state index contributed by atoms with van der Waals surface area (Å²) in [5.41, 5.74) is 6.62. The van der Waals surface area contributed by atoms with E-state index in [2.05, 4.69) is 31.1 Å². The third kappa shape index (κ3) is 5.35. The zero-order valence-corrected chi connectivity index (χ0v) is 22.7. The SMILES string of the molecule is COCC(=O)Nc1cccc(Cn2cc(-c3cc4nc(C)cn4c([AsH]c4cc(C5CC5)[nH]n4)n3)cn2)c1. The second-order valence-corrected chi connectivity index (χ2v) is 11.8. The summed E-state index contributed by atoms with van der Waals surface area (Å²) in [4.78, 5) is 21.6. The first kappa shape index (κ1) is 23.6. The Morgan fingerprint density at radius 3 is 2.95 bits per heavy atom. The number of anilines is 1. The van der Waals surface area contributed by atoms with Crippen LogP contribution in [0.25, 0.3) is 16.9 Å². The molecule has 4 heterocycles. The van der Waals surface area contributed by atoms with Crippen molar-refractivity contribution >= 4 is 42.1 Å². The van der Waals surface area contributed by atoms with E-state index in [1.54, 1.807) is 0 Å². The van der Waals surface area contributed by atoms with Gasteiger partial charge in [0.05, 0.1) is 0 Å². The van der Waals surface area contributed by atoms with E-state index in [4.69, 9.17) is 14.7 Å². The molecule has 1 aliphatic rings. The van der Waals surface area contributed by atoms with E-state index in [1.165, 1.54) is 25.6 Å². The zero-order chi connectivity index (χ0) is 25.4. The molecular weight excluding hydrogens is 531 g/mol. The Kier molecular flexibility index (Phi) is 6.36. The Hall–Kier alpha value is -3.75. The van der Waals surface area contributed by atoms with E-state index in [1.807, 2.05) is 60.5 Å². The molecule has 1 amide bonds. The summed E-state index contributed by atoms with van der Waals surface area (Å²) in [5.74, 6) is 0.463. The number of imidazole rings is 1. The van der Waals surface area contributed by atoms with Crippen molar-refractivity contribution in [2.45, 2.75) is 32.2 Å². The van der Waals surface area contributed by atoms with Crippen LogP contribution >= 0.6 is 0 Å². The minimum absolute atomic E-state index is 0.0204. The van der Waals surface area contributed by atoms with Gasteiger partial charge in [0, 0.05) is 7.11 Å². The van der Waals surface area contributed by atoms with Crippen molar-refractivity contribution in [2.75, 3.05) is 19.0 Å². The van der Waals surface area contributed by atoms with Gasteiger partial charge in [0.15, 0.2) is 0 Å². The Bertz CT molecular complexity index is 1580. The Labute approximate surface area is 220 Å². The predicted molar refractivity (Wildman–Crippen MR) is 142 cm³/mol. The molecule has 11 heteroatoms. The molecule has 1 saturated carbocycles. The van der Waals surface area contributed by atoms with Gasteiger partial charge >= 0.3 is 197 Å². The Morgan fingerprint density at radius 1 is 1.22 bits per heavy atom. The summed E-state index contributed by atoms with van der Waals surface area (Å²) < 4.78 is 11.0. The fourth-order valence-corrected chi connectivity index (χ4v) is 6.50. The van der Waals surface area contributed by atoms with E-state index < -0.39 is 15.8 Å². The van der Waals surface area contributed by atoms with Crippen molar-refractivity contribution in [2.24, 2.45) is 0 Å². The average molecular weight is 558 g/mol. The van der Waals surface area contributed by atoms with Crippen LogP contribution in [0.5, 0.6) is 0 Å². The maximum atomic E-state index is 11.8. The molecule has 5 aromatic rings.